The van der Waals surface area contributed by atoms with E-state index in [1.807, 2.05) is 0 Å². The molecule has 0 saturated heterocycles. The van der Waals surface area contributed by atoms with Crippen LogP contribution in [-0.2, 0) is 0 Å². The van der Waals surface area contributed by atoms with Crippen LogP contribution in [0.2, 0.25) is 0 Å². The van der Waals surface area contributed by atoms with E-state index in [4.69, 9.17) is 5.84 Å². The van der Waals surface area contributed by atoms with E-state index in [-0.39, 0.29) is 5.56 Å². The maximum absolute atomic E-state index is 10.6. The maximum atomic E-state index is 10.6. The third-order valence-electron chi connectivity index (χ3n) is 0.973. The number of nitrogen functional groups attached to an aromatic ring is 1. The standard InChI is InChI=1S/C5H7N3O/c1-4-2-5(9)8(6)3-7-4/h2-3H,6H2,1H3. The van der Waals surface area contributed by atoms with Gasteiger partial charge in [0.15, 0.2) is 0 Å². The number of aryl methyl sites for hydroxylation is 1. The van der Waals surface area contributed by atoms with Gasteiger partial charge in [-0.25, -0.2) is 9.66 Å². The van der Waals surface area contributed by atoms with Crippen LogP contribution in [0.4, 0.5) is 0 Å². The zero-order valence-electron chi connectivity index (χ0n) is 5.03. The molecule has 1 aromatic rings. The molecule has 1 heterocycles. The van der Waals surface area contributed by atoms with Crippen molar-refractivity contribution in [2.75, 3.05) is 5.84 Å². The van der Waals surface area contributed by atoms with Gasteiger partial charge in [-0.05, 0) is 6.92 Å². The lowest BCUT2D eigenvalue weighted by atomic mass is 10.5. The minimum atomic E-state index is -0.234. The number of hydrogen-bond donors (Lipinski definition) is 1. The highest BCUT2D eigenvalue weighted by Crippen LogP contribution is 1.78. The van der Waals surface area contributed by atoms with Crippen molar-refractivity contribution in [2.45, 2.75) is 6.92 Å². The quantitative estimate of drug-likeness (QED) is 0.465. The Morgan fingerprint density at radius 3 is 2.89 bits per heavy atom. The molecule has 2 N–H and O–H groups in total. The number of aromatic nitrogens is 2. The lowest BCUT2D eigenvalue weighted by Crippen LogP contribution is -2.26. The van der Waals surface area contributed by atoms with E-state index in [1.54, 1.807) is 6.92 Å². The van der Waals surface area contributed by atoms with Gasteiger partial charge in [-0.3, -0.25) is 4.79 Å². The van der Waals surface area contributed by atoms with Gasteiger partial charge in [-0.1, -0.05) is 0 Å². The van der Waals surface area contributed by atoms with Crippen molar-refractivity contribution >= 4 is 0 Å². The summed E-state index contributed by atoms with van der Waals surface area (Å²) < 4.78 is 0.938. The summed E-state index contributed by atoms with van der Waals surface area (Å²) in [5.41, 5.74) is 0.448. The van der Waals surface area contributed by atoms with E-state index in [2.05, 4.69) is 4.98 Å². The molecule has 0 atom stereocenters. The molecule has 0 fully saturated rings. The van der Waals surface area contributed by atoms with Crippen LogP contribution in [-0.4, -0.2) is 9.66 Å². The van der Waals surface area contributed by atoms with Crippen molar-refractivity contribution in [2.24, 2.45) is 0 Å². The first kappa shape index (κ1) is 5.81. The van der Waals surface area contributed by atoms with Crippen molar-refractivity contribution in [3.8, 4) is 0 Å². The fraction of sp³-hybridized carbons (Fsp3) is 0.200. The van der Waals surface area contributed by atoms with Gasteiger partial charge < -0.3 is 5.84 Å². The molecule has 0 aromatic carbocycles. The van der Waals surface area contributed by atoms with Gasteiger partial charge in [0.05, 0.1) is 0 Å². The summed E-state index contributed by atoms with van der Waals surface area (Å²) in [6.07, 6.45) is 1.29. The first-order valence-corrected chi connectivity index (χ1v) is 2.50. The van der Waals surface area contributed by atoms with Gasteiger partial charge in [-0.15, -0.1) is 0 Å². The third kappa shape index (κ3) is 1.07. The molecule has 0 aliphatic carbocycles. The smallest absolute Gasteiger partial charge is 0.271 e. The molecular weight excluding hydrogens is 118 g/mol. The Kier molecular flexibility index (Phi) is 1.22. The number of nitrogens with two attached hydrogens (primary N) is 1. The molecule has 1 aromatic heterocycles. The Morgan fingerprint density at radius 2 is 2.44 bits per heavy atom. The van der Waals surface area contributed by atoms with Crippen LogP contribution >= 0.6 is 0 Å². The zero-order valence-corrected chi connectivity index (χ0v) is 5.03. The van der Waals surface area contributed by atoms with Crippen LogP contribution in [0.5, 0.6) is 0 Å². The zero-order chi connectivity index (χ0) is 6.85. The summed E-state index contributed by atoms with van der Waals surface area (Å²) in [6.45, 7) is 1.74. The summed E-state index contributed by atoms with van der Waals surface area (Å²) in [7, 11) is 0. The fourth-order valence-electron chi connectivity index (χ4n) is 0.501. The predicted molar refractivity (Wildman–Crippen MR) is 33.4 cm³/mol. The molecule has 1 rings (SSSR count). The molecule has 0 amide bonds. The molecule has 0 aliphatic rings. The fourth-order valence-corrected chi connectivity index (χ4v) is 0.501. The minimum absolute atomic E-state index is 0.234. The van der Waals surface area contributed by atoms with Gasteiger partial charge in [0, 0.05) is 11.8 Å². The van der Waals surface area contributed by atoms with Gasteiger partial charge in [0.1, 0.15) is 6.33 Å². The highest BCUT2D eigenvalue weighted by atomic mass is 16.1. The monoisotopic (exact) mass is 125 g/mol. The Balaban J connectivity index is 3.34. The van der Waals surface area contributed by atoms with Crippen molar-refractivity contribution in [1.82, 2.24) is 9.66 Å². The van der Waals surface area contributed by atoms with E-state index in [0.29, 0.717) is 5.69 Å². The molecule has 4 nitrogen and oxygen atoms in total. The van der Waals surface area contributed by atoms with Crippen LogP contribution in [0, 0.1) is 6.92 Å². The topological polar surface area (TPSA) is 60.9 Å². The SMILES string of the molecule is Cc1cc(=O)n(N)cn1. The van der Waals surface area contributed by atoms with Gasteiger partial charge in [-0.2, -0.15) is 0 Å². The molecule has 0 bridgehead atoms. The van der Waals surface area contributed by atoms with E-state index in [0.717, 1.165) is 4.68 Å². The molecule has 0 aliphatic heterocycles. The summed E-state index contributed by atoms with van der Waals surface area (Å²) in [4.78, 5) is 14.4. The predicted octanol–water partition coefficient (Wildman–Crippen LogP) is -0.734. The molecule has 0 unspecified atom stereocenters. The second-order valence-electron chi connectivity index (χ2n) is 1.78. The number of rotatable bonds is 0. The normalized spacial score (nSPS) is 9.44. The average molecular weight is 125 g/mol. The summed E-state index contributed by atoms with van der Waals surface area (Å²) >= 11 is 0. The number of hydrogen-bond acceptors (Lipinski definition) is 3. The molecule has 0 radical (unpaired) electrons. The van der Waals surface area contributed by atoms with E-state index >= 15 is 0 Å². The summed E-state index contributed by atoms with van der Waals surface area (Å²) in [5.74, 6) is 5.13. The average Bonchev–Trinajstić information content (AvgIpc) is 1.80. The Labute approximate surface area is 51.9 Å². The summed E-state index contributed by atoms with van der Waals surface area (Å²) in [6, 6.07) is 1.38. The van der Waals surface area contributed by atoms with Gasteiger partial charge >= 0.3 is 0 Å². The van der Waals surface area contributed by atoms with Crippen LogP contribution in [0.3, 0.4) is 0 Å². The first-order valence-electron chi connectivity index (χ1n) is 2.50. The molecule has 4 heteroatoms. The molecule has 48 valence electrons. The lowest BCUT2D eigenvalue weighted by molar-refractivity contribution is 0.874. The first-order chi connectivity index (χ1) is 4.20. The Morgan fingerprint density at radius 1 is 1.78 bits per heavy atom. The van der Waals surface area contributed by atoms with E-state index < -0.39 is 0 Å². The van der Waals surface area contributed by atoms with E-state index in [9.17, 15) is 4.79 Å². The highest BCUT2D eigenvalue weighted by molar-refractivity contribution is 4.95. The highest BCUT2D eigenvalue weighted by Gasteiger charge is 1.88. The number of nitrogens with zero attached hydrogens (tertiary/aromatic N) is 2. The van der Waals surface area contributed by atoms with Crippen molar-refractivity contribution in [3.63, 3.8) is 0 Å². The molecular formula is C5H7N3O. The summed E-state index contributed by atoms with van der Waals surface area (Å²) in [5, 5.41) is 0. The van der Waals surface area contributed by atoms with Crippen molar-refractivity contribution in [3.05, 3.63) is 28.4 Å². The molecule has 0 spiro atoms. The molecule has 0 saturated carbocycles. The van der Waals surface area contributed by atoms with Crippen molar-refractivity contribution in [1.29, 1.82) is 0 Å². The lowest BCUT2D eigenvalue weighted by Gasteiger charge is -1.93. The second-order valence-corrected chi connectivity index (χ2v) is 1.78. The van der Waals surface area contributed by atoms with Crippen LogP contribution < -0.4 is 11.4 Å². The largest absolute Gasteiger partial charge is 0.335 e. The Hall–Kier alpha value is -1.32. The van der Waals surface area contributed by atoms with Gasteiger partial charge in [0.25, 0.3) is 5.56 Å². The van der Waals surface area contributed by atoms with Gasteiger partial charge in [0.2, 0.25) is 0 Å². The third-order valence-corrected chi connectivity index (χ3v) is 0.973. The Bertz CT molecular complexity index is 265. The van der Waals surface area contributed by atoms with Crippen LogP contribution in [0.25, 0.3) is 0 Å². The van der Waals surface area contributed by atoms with Crippen molar-refractivity contribution < 1.29 is 0 Å². The van der Waals surface area contributed by atoms with E-state index in [1.165, 1.54) is 12.4 Å². The van der Waals surface area contributed by atoms with Crippen LogP contribution in [0.1, 0.15) is 5.69 Å². The second kappa shape index (κ2) is 1.89. The van der Waals surface area contributed by atoms with Crippen LogP contribution in [0.15, 0.2) is 17.2 Å². The molecule has 9 heavy (non-hydrogen) atoms. The minimum Gasteiger partial charge on any atom is -0.335 e. The maximum Gasteiger partial charge on any atom is 0.271 e.